The summed E-state index contributed by atoms with van der Waals surface area (Å²) in [6, 6.07) is 6.96. The van der Waals surface area contributed by atoms with Crippen molar-refractivity contribution >= 4 is 11.6 Å². The molecule has 2 nitrogen and oxygen atoms in total. The Kier molecular flexibility index (Phi) is 2.95. The molecular weight excluding hydrogens is 174 g/mol. The van der Waals surface area contributed by atoms with Crippen molar-refractivity contribution in [1.82, 2.24) is 0 Å². The van der Waals surface area contributed by atoms with Gasteiger partial charge in [0.25, 0.3) is 0 Å². The van der Waals surface area contributed by atoms with Gasteiger partial charge in [-0.25, -0.2) is 0 Å². The van der Waals surface area contributed by atoms with E-state index in [1.54, 1.807) is 18.2 Å². The molecule has 0 atom stereocenters. The van der Waals surface area contributed by atoms with Crippen molar-refractivity contribution in [2.45, 2.75) is 6.92 Å². The maximum Gasteiger partial charge on any atom is 0.139 e. The van der Waals surface area contributed by atoms with Gasteiger partial charge in [0.15, 0.2) is 0 Å². The zero-order chi connectivity index (χ0) is 8.97. The van der Waals surface area contributed by atoms with E-state index in [0.717, 1.165) is 0 Å². The lowest BCUT2D eigenvalue weighted by molar-refractivity contribution is 0.340. The average Bonchev–Trinajstić information content (AvgIpc) is 2.09. The summed E-state index contributed by atoms with van der Waals surface area (Å²) < 4.78 is 5.20. The Morgan fingerprint density at radius 3 is 2.92 bits per heavy atom. The highest BCUT2D eigenvalue weighted by Crippen LogP contribution is 2.24. The molecule has 1 aromatic carbocycles. The van der Waals surface area contributed by atoms with Crippen LogP contribution in [-0.2, 0) is 0 Å². The van der Waals surface area contributed by atoms with Gasteiger partial charge >= 0.3 is 0 Å². The first-order valence-electron chi connectivity index (χ1n) is 3.60. The number of rotatable bonds is 2. The summed E-state index contributed by atoms with van der Waals surface area (Å²) in [6.45, 7) is 2.42. The van der Waals surface area contributed by atoms with E-state index < -0.39 is 0 Å². The van der Waals surface area contributed by atoms with Crippen LogP contribution in [0.4, 0.5) is 0 Å². The van der Waals surface area contributed by atoms with Crippen LogP contribution in [0, 0.1) is 11.3 Å². The number of nitriles is 1. The number of hydrogen-bond donors (Lipinski definition) is 0. The molecule has 0 heterocycles. The van der Waals surface area contributed by atoms with E-state index in [1.807, 2.05) is 13.0 Å². The minimum Gasteiger partial charge on any atom is -0.492 e. The summed E-state index contributed by atoms with van der Waals surface area (Å²) in [6.07, 6.45) is 0. The Bertz CT molecular complexity index is 317. The van der Waals surface area contributed by atoms with Gasteiger partial charge in [0.05, 0.1) is 23.3 Å². The van der Waals surface area contributed by atoms with E-state index in [4.69, 9.17) is 21.6 Å². The number of ether oxygens (including phenoxy) is 1. The SMILES string of the molecule is CCOc1cc(C#N)ccc1Cl. The van der Waals surface area contributed by atoms with Crippen LogP contribution >= 0.6 is 11.6 Å². The fourth-order valence-corrected chi connectivity index (χ4v) is 1.01. The Balaban J connectivity index is 3.01. The summed E-state index contributed by atoms with van der Waals surface area (Å²) in [5.41, 5.74) is 0.558. The summed E-state index contributed by atoms with van der Waals surface area (Å²) in [5.74, 6) is 0.568. The van der Waals surface area contributed by atoms with E-state index >= 15 is 0 Å². The maximum absolute atomic E-state index is 8.57. The zero-order valence-corrected chi connectivity index (χ0v) is 7.43. The molecule has 0 N–H and O–H groups in total. The normalized spacial score (nSPS) is 9.08. The van der Waals surface area contributed by atoms with Crippen molar-refractivity contribution in [2.24, 2.45) is 0 Å². The molecule has 0 bridgehead atoms. The quantitative estimate of drug-likeness (QED) is 0.703. The lowest BCUT2D eigenvalue weighted by Gasteiger charge is -2.04. The average molecular weight is 182 g/mol. The molecule has 0 radical (unpaired) electrons. The van der Waals surface area contributed by atoms with Gasteiger partial charge in [0.2, 0.25) is 0 Å². The zero-order valence-electron chi connectivity index (χ0n) is 6.67. The minimum atomic E-state index is 0.538. The van der Waals surface area contributed by atoms with Crippen LogP contribution in [0.15, 0.2) is 18.2 Å². The minimum absolute atomic E-state index is 0.538. The molecule has 0 aromatic heterocycles. The second-order valence-corrected chi connectivity index (χ2v) is 2.60. The van der Waals surface area contributed by atoms with E-state index in [9.17, 15) is 0 Å². The van der Waals surface area contributed by atoms with Crippen molar-refractivity contribution in [3.8, 4) is 11.8 Å². The van der Waals surface area contributed by atoms with E-state index in [0.29, 0.717) is 22.9 Å². The van der Waals surface area contributed by atoms with Gasteiger partial charge in [-0.2, -0.15) is 5.26 Å². The summed E-state index contributed by atoms with van der Waals surface area (Å²) in [4.78, 5) is 0. The van der Waals surface area contributed by atoms with Gasteiger partial charge in [-0.05, 0) is 25.1 Å². The second-order valence-electron chi connectivity index (χ2n) is 2.19. The largest absolute Gasteiger partial charge is 0.492 e. The summed E-state index contributed by atoms with van der Waals surface area (Å²) in [7, 11) is 0. The summed E-state index contributed by atoms with van der Waals surface area (Å²) >= 11 is 5.80. The first-order valence-corrected chi connectivity index (χ1v) is 3.98. The number of hydrogen-bond acceptors (Lipinski definition) is 2. The van der Waals surface area contributed by atoms with Gasteiger partial charge in [0, 0.05) is 0 Å². The lowest BCUT2D eigenvalue weighted by atomic mass is 10.2. The van der Waals surface area contributed by atoms with Crippen molar-refractivity contribution < 1.29 is 4.74 Å². The highest BCUT2D eigenvalue weighted by Gasteiger charge is 2.01. The highest BCUT2D eigenvalue weighted by molar-refractivity contribution is 6.32. The Hall–Kier alpha value is -1.20. The van der Waals surface area contributed by atoms with Crippen LogP contribution in [0.3, 0.4) is 0 Å². The number of halogens is 1. The molecule has 0 saturated heterocycles. The first-order chi connectivity index (χ1) is 5.77. The van der Waals surface area contributed by atoms with Crippen LogP contribution < -0.4 is 4.74 Å². The van der Waals surface area contributed by atoms with Crippen LogP contribution in [0.2, 0.25) is 5.02 Å². The lowest BCUT2D eigenvalue weighted by Crippen LogP contribution is -1.92. The van der Waals surface area contributed by atoms with Crippen molar-refractivity contribution in [1.29, 1.82) is 5.26 Å². The van der Waals surface area contributed by atoms with Crippen LogP contribution in [0.25, 0.3) is 0 Å². The van der Waals surface area contributed by atoms with Gasteiger partial charge in [-0.15, -0.1) is 0 Å². The molecule has 62 valence electrons. The molecule has 0 amide bonds. The molecule has 1 rings (SSSR count). The molecule has 3 heteroatoms. The molecule has 0 aliphatic carbocycles. The number of nitrogens with zero attached hydrogens (tertiary/aromatic N) is 1. The first kappa shape index (κ1) is 8.89. The van der Waals surface area contributed by atoms with E-state index in [1.165, 1.54) is 0 Å². The third-order valence-corrected chi connectivity index (χ3v) is 1.67. The van der Waals surface area contributed by atoms with Crippen molar-refractivity contribution in [3.63, 3.8) is 0 Å². The second kappa shape index (κ2) is 3.99. The van der Waals surface area contributed by atoms with Crippen molar-refractivity contribution in [2.75, 3.05) is 6.61 Å². The standard InChI is InChI=1S/C9H8ClNO/c1-2-12-9-5-7(6-11)3-4-8(9)10/h3-5H,2H2,1H3. The fourth-order valence-electron chi connectivity index (χ4n) is 0.839. The molecule has 12 heavy (non-hydrogen) atoms. The molecule has 0 fully saturated rings. The summed E-state index contributed by atoms with van der Waals surface area (Å²) in [5, 5.41) is 9.11. The number of benzene rings is 1. The third-order valence-electron chi connectivity index (χ3n) is 1.36. The Labute approximate surface area is 76.3 Å². The molecule has 0 spiro atoms. The van der Waals surface area contributed by atoms with Gasteiger partial charge in [0.1, 0.15) is 5.75 Å². The van der Waals surface area contributed by atoms with Crippen LogP contribution in [-0.4, -0.2) is 6.61 Å². The van der Waals surface area contributed by atoms with E-state index in [-0.39, 0.29) is 0 Å². The van der Waals surface area contributed by atoms with Crippen molar-refractivity contribution in [3.05, 3.63) is 28.8 Å². The maximum atomic E-state index is 8.57. The van der Waals surface area contributed by atoms with Gasteiger partial charge in [-0.3, -0.25) is 0 Å². The topological polar surface area (TPSA) is 33.0 Å². The molecule has 0 unspecified atom stereocenters. The predicted octanol–water partition coefficient (Wildman–Crippen LogP) is 2.61. The van der Waals surface area contributed by atoms with Crippen LogP contribution in [0.5, 0.6) is 5.75 Å². The third kappa shape index (κ3) is 1.90. The smallest absolute Gasteiger partial charge is 0.139 e. The molecule has 0 saturated carbocycles. The van der Waals surface area contributed by atoms with Gasteiger partial charge < -0.3 is 4.74 Å². The molecular formula is C9H8ClNO. The molecule has 1 aromatic rings. The van der Waals surface area contributed by atoms with Crippen LogP contribution in [0.1, 0.15) is 12.5 Å². The molecule has 0 aliphatic rings. The predicted molar refractivity (Wildman–Crippen MR) is 47.3 cm³/mol. The Morgan fingerprint density at radius 2 is 2.33 bits per heavy atom. The molecule has 0 aliphatic heterocycles. The monoisotopic (exact) mass is 181 g/mol. The fraction of sp³-hybridized carbons (Fsp3) is 0.222. The highest BCUT2D eigenvalue weighted by atomic mass is 35.5. The van der Waals surface area contributed by atoms with E-state index in [2.05, 4.69) is 0 Å². The Morgan fingerprint density at radius 1 is 1.58 bits per heavy atom. The van der Waals surface area contributed by atoms with Gasteiger partial charge in [-0.1, -0.05) is 11.6 Å².